The monoisotopic (exact) mass is 542 g/mol. The van der Waals surface area contributed by atoms with Crippen LogP contribution in [0.4, 0.5) is 15.8 Å². The van der Waals surface area contributed by atoms with Crippen LogP contribution in [0.5, 0.6) is 0 Å². The number of benzene rings is 3. The number of carbonyl (C=O) groups is 3. The predicted molar refractivity (Wildman–Crippen MR) is 148 cm³/mol. The molecule has 1 unspecified atom stereocenters. The molecule has 2 aromatic heterocycles. The fraction of sp³-hybridized carbons (Fsp3) is 0.0714. The number of H-pyrrole nitrogens is 1. The van der Waals surface area contributed by atoms with E-state index in [0.29, 0.717) is 22.5 Å². The summed E-state index contributed by atoms with van der Waals surface area (Å²) in [5.74, 6) is -3.01. The Hall–Kier alpha value is -5.03. The van der Waals surface area contributed by atoms with E-state index in [9.17, 15) is 14.4 Å². The van der Waals surface area contributed by atoms with Gasteiger partial charge < -0.3 is 21.8 Å². The summed E-state index contributed by atoms with van der Waals surface area (Å²) >= 11 is 0.653. The molecule has 5 aromatic rings. The van der Waals surface area contributed by atoms with E-state index >= 15 is 4.39 Å². The number of amides is 3. The Labute approximate surface area is 226 Å². The van der Waals surface area contributed by atoms with Gasteiger partial charge in [0.2, 0.25) is 5.91 Å². The van der Waals surface area contributed by atoms with Crippen molar-refractivity contribution in [3.63, 3.8) is 0 Å². The number of hydrogen-bond donors (Lipinski definition) is 4. The van der Waals surface area contributed by atoms with Crippen molar-refractivity contribution in [2.75, 3.05) is 10.6 Å². The smallest absolute Gasteiger partial charge is 0.273 e. The number of nitrogens with two attached hydrogens (primary N) is 2. The van der Waals surface area contributed by atoms with Gasteiger partial charge in [0.25, 0.3) is 11.8 Å². The average Bonchev–Trinajstić information content (AvgIpc) is 3.55. The van der Waals surface area contributed by atoms with Crippen molar-refractivity contribution in [1.82, 2.24) is 14.7 Å². The van der Waals surface area contributed by atoms with Crippen LogP contribution in [0.3, 0.4) is 0 Å². The lowest BCUT2D eigenvalue weighted by Gasteiger charge is -2.31. The Morgan fingerprint density at radius 3 is 2.41 bits per heavy atom. The van der Waals surface area contributed by atoms with Crippen molar-refractivity contribution in [1.29, 1.82) is 0 Å². The van der Waals surface area contributed by atoms with Crippen LogP contribution < -0.4 is 21.7 Å². The van der Waals surface area contributed by atoms with Crippen molar-refractivity contribution < 1.29 is 18.8 Å². The number of fused-ring (bicyclic) bond motifs is 1. The zero-order valence-corrected chi connectivity index (χ0v) is 21.2. The molecule has 0 radical (unpaired) electrons. The second kappa shape index (κ2) is 10.8. The molecule has 9 nitrogen and oxygen atoms in total. The second-order valence-corrected chi connectivity index (χ2v) is 9.43. The number of halogens is 1. The summed E-state index contributed by atoms with van der Waals surface area (Å²) in [6.07, 6.45) is 1.61. The van der Waals surface area contributed by atoms with Gasteiger partial charge in [0.15, 0.2) is 5.69 Å². The summed E-state index contributed by atoms with van der Waals surface area (Å²) in [6, 6.07) is 20.8. The molecule has 0 fully saturated rings. The molecule has 196 valence electrons. The highest BCUT2D eigenvalue weighted by atomic mass is 32.1. The van der Waals surface area contributed by atoms with Crippen molar-refractivity contribution >= 4 is 51.5 Å². The molecule has 0 spiro atoms. The van der Waals surface area contributed by atoms with E-state index in [1.54, 1.807) is 24.4 Å². The summed E-state index contributed by atoms with van der Waals surface area (Å²) in [5, 5.41) is 3.55. The molecular formula is C28H23FN6O3S. The largest absolute Gasteiger partial charge is 0.395 e. The molecule has 2 heterocycles. The molecule has 5 rings (SSSR count). The Bertz CT molecular complexity index is 1680. The standard InChI is InChI=1S/C28H23FN6O3S/c29-19-11-5-7-13-21(19)35(28(38)25-22(30)23(26(31)36)34-39-25)24(18-15-32-20-12-6-4-10-17(18)20)27(37)33-14-16-8-2-1-3-9-16/h1-13,15,24,32H,14,30H2,(H2,31,36)(H,33,37). The number of nitrogens with one attached hydrogen (secondary N) is 2. The second-order valence-electron chi connectivity index (χ2n) is 8.66. The van der Waals surface area contributed by atoms with Gasteiger partial charge in [0, 0.05) is 29.2 Å². The minimum absolute atomic E-state index is 0.146. The number of nitrogen functional groups attached to an aromatic ring is 1. The summed E-state index contributed by atoms with van der Waals surface area (Å²) in [5.41, 5.74) is 12.8. The Kier molecular flexibility index (Phi) is 7.06. The van der Waals surface area contributed by atoms with Gasteiger partial charge in [-0.3, -0.25) is 19.3 Å². The third-order valence-electron chi connectivity index (χ3n) is 6.22. The number of para-hydroxylation sites is 2. The summed E-state index contributed by atoms with van der Waals surface area (Å²) in [6.45, 7) is 0.173. The number of aromatic nitrogens is 2. The highest BCUT2D eigenvalue weighted by Crippen LogP contribution is 2.36. The quantitative estimate of drug-likeness (QED) is 0.233. The molecule has 0 aliphatic heterocycles. The molecule has 1 atom stereocenters. The molecule has 3 amide bonds. The van der Waals surface area contributed by atoms with E-state index in [1.165, 1.54) is 18.2 Å². The number of primary amides is 1. The van der Waals surface area contributed by atoms with Gasteiger partial charge in [-0.15, -0.1) is 0 Å². The van der Waals surface area contributed by atoms with E-state index < -0.39 is 29.6 Å². The number of nitrogens with zero attached hydrogens (tertiary/aromatic N) is 2. The number of aromatic amines is 1. The number of anilines is 2. The van der Waals surface area contributed by atoms with Gasteiger partial charge >= 0.3 is 0 Å². The first-order chi connectivity index (χ1) is 18.9. The van der Waals surface area contributed by atoms with Gasteiger partial charge in [0.05, 0.1) is 11.4 Å². The van der Waals surface area contributed by atoms with E-state index in [1.807, 2.05) is 42.5 Å². The Morgan fingerprint density at radius 2 is 1.69 bits per heavy atom. The number of carbonyl (C=O) groups excluding carboxylic acids is 3. The normalized spacial score (nSPS) is 11.7. The van der Waals surface area contributed by atoms with Crippen molar-refractivity contribution in [3.8, 4) is 0 Å². The van der Waals surface area contributed by atoms with Gasteiger partial charge in [-0.05, 0) is 35.3 Å². The summed E-state index contributed by atoms with van der Waals surface area (Å²) in [7, 11) is 0. The van der Waals surface area contributed by atoms with Crippen LogP contribution in [0.25, 0.3) is 10.9 Å². The lowest BCUT2D eigenvalue weighted by molar-refractivity contribution is -0.122. The average molecular weight is 543 g/mol. The lowest BCUT2D eigenvalue weighted by atomic mass is 10.0. The highest BCUT2D eigenvalue weighted by Gasteiger charge is 2.38. The maximum Gasteiger partial charge on any atom is 0.273 e. The fourth-order valence-electron chi connectivity index (χ4n) is 4.35. The number of rotatable bonds is 8. The molecule has 39 heavy (non-hydrogen) atoms. The Balaban J connectivity index is 1.67. The first-order valence-electron chi connectivity index (χ1n) is 11.9. The van der Waals surface area contributed by atoms with Gasteiger partial charge in [0.1, 0.15) is 16.7 Å². The van der Waals surface area contributed by atoms with Gasteiger partial charge in [-0.1, -0.05) is 60.7 Å². The van der Waals surface area contributed by atoms with E-state index in [0.717, 1.165) is 16.0 Å². The molecule has 0 saturated carbocycles. The maximum absolute atomic E-state index is 15.3. The summed E-state index contributed by atoms with van der Waals surface area (Å²) < 4.78 is 19.3. The molecule has 3 aromatic carbocycles. The molecule has 0 aliphatic carbocycles. The zero-order valence-electron chi connectivity index (χ0n) is 20.4. The predicted octanol–water partition coefficient (Wildman–Crippen LogP) is 4.15. The first kappa shape index (κ1) is 25.6. The minimum atomic E-state index is -1.33. The van der Waals surface area contributed by atoms with E-state index in [2.05, 4.69) is 14.7 Å². The van der Waals surface area contributed by atoms with Crippen LogP contribution >= 0.6 is 11.5 Å². The third-order valence-corrected chi connectivity index (χ3v) is 7.07. The van der Waals surface area contributed by atoms with Crippen LogP contribution in [-0.2, 0) is 11.3 Å². The van der Waals surface area contributed by atoms with Gasteiger partial charge in [-0.2, -0.15) is 4.37 Å². The zero-order chi connectivity index (χ0) is 27.5. The molecule has 11 heteroatoms. The van der Waals surface area contributed by atoms with Crippen LogP contribution in [0.15, 0.2) is 85.1 Å². The molecule has 0 aliphatic rings. The van der Waals surface area contributed by atoms with Gasteiger partial charge in [-0.25, -0.2) is 4.39 Å². The SMILES string of the molecule is NC(=O)c1nsc(C(=O)N(c2ccccc2F)C(C(=O)NCc2ccccc2)c2c[nH]c3ccccc23)c1N. The lowest BCUT2D eigenvalue weighted by Crippen LogP contribution is -2.44. The Morgan fingerprint density at radius 1 is 1.00 bits per heavy atom. The first-order valence-corrected chi connectivity index (χ1v) is 12.6. The van der Waals surface area contributed by atoms with Crippen molar-refractivity contribution in [2.45, 2.75) is 12.6 Å². The molecule has 0 saturated heterocycles. The van der Waals surface area contributed by atoms with Crippen LogP contribution in [-0.4, -0.2) is 27.1 Å². The topological polar surface area (TPSA) is 147 Å². The van der Waals surface area contributed by atoms with Crippen LogP contribution in [0.1, 0.15) is 37.3 Å². The maximum atomic E-state index is 15.3. The van der Waals surface area contributed by atoms with Crippen LogP contribution in [0, 0.1) is 5.82 Å². The minimum Gasteiger partial charge on any atom is -0.395 e. The highest BCUT2D eigenvalue weighted by molar-refractivity contribution is 7.09. The van der Waals surface area contributed by atoms with E-state index in [-0.39, 0.29) is 28.5 Å². The van der Waals surface area contributed by atoms with Crippen molar-refractivity contribution in [3.05, 3.63) is 113 Å². The summed E-state index contributed by atoms with van der Waals surface area (Å²) in [4.78, 5) is 43.9. The molecule has 6 N–H and O–H groups in total. The molecular weight excluding hydrogens is 519 g/mol. The van der Waals surface area contributed by atoms with Crippen molar-refractivity contribution in [2.24, 2.45) is 5.73 Å². The molecule has 0 bridgehead atoms. The fourth-order valence-corrected chi connectivity index (χ4v) is 5.09. The number of hydrogen-bond acceptors (Lipinski definition) is 6. The van der Waals surface area contributed by atoms with Crippen LogP contribution in [0.2, 0.25) is 0 Å². The van der Waals surface area contributed by atoms with E-state index in [4.69, 9.17) is 11.5 Å². The third kappa shape index (κ3) is 4.94.